The van der Waals surface area contributed by atoms with Crippen molar-refractivity contribution in [2.75, 3.05) is 20.1 Å². The lowest BCUT2D eigenvalue weighted by Gasteiger charge is -2.12. The number of hydrogen-bond acceptors (Lipinski definition) is 3. The van der Waals surface area contributed by atoms with Gasteiger partial charge in [-0.3, -0.25) is 4.79 Å². The highest BCUT2D eigenvalue weighted by atomic mass is 16.2. The van der Waals surface area contributed by atoms with Gasteiger partial charge in [-0.15, -0.1) is 0 Å². The Bertz CT molecular complexity index is 219. The predicted octanol–water partition coefficient (Wildman–Crippen LogP) is -0.846. The Morgan fingerprint density at radius 2 is 2.31 bits per heavy atom. The van der Waals surface area contributed by atoms with E-state index >= 15 is 0 Å². The van der Waals surface area contributed by atoms with Crippen LogP contribution in [0.15, 0.2) is 0 Å². The standard InChI is InChI=1S/C9H17N3O/c1-12-3-2-6(5-12)11-9(13)7-4-8(7)10/h6-8H,2-5,10H2,1H3,(H,11,13). The molecular formula is C9H17N3O. The minimum Gasteiger partial charge on any atom is -0.352 e. The normalized spacial score (nSPS) is 39.1. The number of amides is 1. The van der Waals surface area contributed by atoms with E-state index in [1.165, 1.54) is 0 Å². The van der Waals surface area contributed by atoms with Gasteiger partial charge >= 0.3 is 0 Å². The Labute approximate surface area is 78.5 Å². The van der Waals surface area contributed by atoms with Crippen LogP contribution in [-0.2, 0) is 4.79 Å². The number of nitrogens with zero attached hydrogens (tertiary/aromatic N) is 1. The minimum absolute atomic E-state index is 0.103. The predicted molar refractivity (Wildman–Crippen MR) is 50.1 cm³/mol. The van der Waals surface area contributed by atoms with Gasteiger partial charge in [-0.2, -0.15) is 0 Å². The topological polar surface area (TPSA) is 58.4 Å². The van der Waals surface area contributed by atoms with Crippen molar-refractivity contribution in [3.8, 4) is 0 Å². The lowest BCUT2D eigenvalue weighted by Crippen LogP contribution is -2.38. The van der Waals surface area contributed by atoms with E-state index in [9.17, 15) is 4.79 Å². The highest BCUT2D eigenvalue weighted by molar-refractivity contribution is 5.82. The summed E-state index contributed by atoms with van der Waals surface area (Å²) in [4.78, 5) is 13.7. The van der Waals surface area contributed by atoms with Gasteiger partial charge in [-0.25, -0.2) is 0 Å². The van der Waals surface area contributed by atoms with E-state index in [1.807, 2.05) is 0 Å². The largest absolute Gasteiger partial charge is 0.352 e. The second-order valence-corrected chi connectivity index (χ2v) is 4.26. The molecule has 1 aliphatic carbocycles. The molecule has 0 radical (unpaired) electrons. The van der Waals surface area contributed by atoms with E-state index in [0.29, 0.717) is 6.04 Å². The van der Waals surface area contributed by atoms with Crippen LogP contribution in [0.4, 0.5) is 0 Å². The summed E-state index contributed by atoms with van der Waals surface area (Å²) < 4.78 is 0. The summed E-state index contributed by atoms with van der Waals surface area (Å²) in [7, 11) is 2.08. The van der Waals surface area contributed by atoms with Crippen molar-refractivity contribution in [3.05, 3.63) is 0 Å². The molecular weight excluding hydrogens is 166 g/mol. The molecule has 1 saturated heterocycles. The van der Waals surface area contributed by atoms with Gasteiger partial charge in [0, 0.05) is 18.6 Å². The second kappa shape index (κ2) is 3.27. The molecule has 13 heavy (non-hydrogen) atoms. The minimum atomic E-state index is 0.103. The molecule has 4 heteroatoms. The first-order valence-electron chi connectivity index (χ1n) is 4.91. The summed E-state index contributed by atoms with van der Waals surface area (Å²) in [5.41, 5.74) is 5.60. The molecule has 3 atom stereocenters. The smallest absolute Gasteiger partial charge is 0.224 e. The van der Waals surface area contributed by atoms with E-state index in [0.717, 1.165) is 25.9 Å². The van der Waals surface area contributed by atoms with E-state index in [-0.39, 0.29) is 17.9 Å². The first kappa shape index (κ1) is 8.97. The van der Waals surface area contributed by atoms with Gasteiger partial charge in [0.1, 0.15) is 0 Å². The molecule has 2 aliphatic rings. The van der Waals surface area contributed by atoms with Crippen molar-refractivity contribution < 1.29 is 4.79 Å². The number of likely N-dealkylation sites (tertiary alicyclic amines) is 1. The summed E-state index contributed by atoms with van der Waals surface area (Å²) in [5.74, 6) is 0.263. The van der Waals surface area contributed by atoms with Crippen molar-refractivity contribution >= 4 is 5.91 Å². The Hall–Kier alpha value is -0.610. The van der Waals surface area contributed by atoms with Gasteiger partial charge in [0.2, 0.25) is 5.91 Å². The Morgan fingerprint density at radius 3 is 2.77 bits per heavy atom. The molecule has 0 aromatic heterocycles. The van der Waals surface area contributed by atoms with Crippen molar-refractivity contribution in [2.45, 2.75) is 24.9 Å². The number of nitrogens with one attached hydrogen (secondary N) is 1. The summed E-state index contributed by atoms with van der Waals surface area (Å²) in [5, 5.41) is 3.04. The highest BCUT2D eigenvalue weighted by Crippen LogP contribution is 2.28. The van der Waals surface area contributed by atoms with Crippen LogP contribution < -0.4 is 11.1 Å². The molecule has 1 heterocycles. The fourth-order valence-electron chi connectivity index (χ4n) is 1.88. The van der Waals surface area contributed by atoms with Gasteiger partial charge in [0.25, 0.3) is 0 Å². The molecule has 1 amide bonds. The van der Waals surface area contributed by atoms with Gasteiger partial charge in [-0.1, -0.05) is 0 Å². The zero-order chi connectivity index (χ0) is 9.42. The molecule has 3 N–H and O–H groups in total. The van der Waals surface area contributed by atoms with E-state index in [1.54, 1.807) is 0 Å². The Morgan fingerprint density at radius 1 is 1.62 bits per heavy atom. The van der Waals surface area contributed by atoms with Gasteiger partial charge in [0.15, 0.2) is 0 Å². The third kappa shape index (κ3) is 2.00. The van der Waals surface area contributed by atoms with Crippen LogP contribution in [-0.4, -0.2) is 43.0 Å². The van der Waals surface area contributed by atoms with Crippen LogP contribution >= 0.6 is 0 Å². The van der Waals surface area contributed by atoms with Crippen molar-refractivity contribution in [3.63, 3.8) is 0 Å². The fourth-order valence-corrected chi connectivity index (χ4v) is 1.88. The lowest BCUT2D eigenvalue weighted by molar-refractivity contribution is -0.123. The van der Waals surface area contributed by atoms with Crippen molar-refractivity contribution in [1.29, 1.82) is 0 Å². The Balaban J connectivity index is 1.75. The van der Waals surface area contributed by atoms with Crippen LogP contribution in [0, 0.1) is 5.92 Å². The number of hydrogen-bond donors (Lipinski definition) is 2. The zero-order valence-corrected chi connectivity index (χ0v) is 7.99. The molecule has 0 spiro atoms. The average Bonchev–Trinajstić information content (AvgIpc) is 2.66. The molecule has 74 valence electrons. The first-order chi connectivity index (χ1) is 6.16. The summed E-state index contributed by atoms with van der Waals surface area (Å²) in [6.45, 7) is 2.06. The van der Waals surface area contributed by atoms with E-state index in [2.05, 4.69) is 17.3 Å². The summed E-state index contributed by atoms with van der Waals surface area (Å²) in [6.07, 6.45) is 1.94. The molecule has 1 saturated carbocycles. The number of nitrogens with two attached hydrogens (primary N) is 1. The Kier molecular flexibility index (Phi) is 2.26. The maximum Gasteiger partial charge on any atom is 0.224 e. The van der Waals surface area contributed by atoms with E-state index < -0.39 is 0 Å². The molecule has 0 aromatic carbocycles. The molecule has 3 unspecified atom stereocenters. The molecule has 2 rings (SSSR count). The van der Waals surface area contributed by atoms with Crippen LogP contribution in [0.1, 0.15) is 12.8 Å². The fraction of sp³-hybridized carbons (Fsp3) is 0.889. The summed E-state index contributed by atoms with van der Waals surface area (Å²) in [6, 6.07) is 0.476. The van der Waals surface area contributed by atoms with Crippen LogP contribution in [0.2, 0.25) is 0 Å². The van der Waals surface area contributed by atoms with Crippen LogP contribution in [0.25, 0.3) is 0 Å². The monoisotopic (exact) mass is 183 g/mol. The maximum atomic E-state index is 11.5. The maximum absolute atomic E-state index is 11.5. The summed E-state index contributed by atoms with van der Waals surface area (Å²) >= 11 is 0. The lowest BCUT2D eigenvalue weighted by atomic mass is 10.2. The van der Waals surface area contributed by atoms with Crippen molar-refractivity contribution in [1.82, 2.24) is 10.2 Å². The number of rotatable bonds is 2. The second-order valence-electron chi connectivity index (χ2n) is 4.26. The van der Waals surface area contributed by atoms with Crippen LogP contribution in [0.3, 0.4) is 0 Å². The molecule has 2 fully saturated rings. The molecule has 0 aromatic rings. The molecule has 0 bridgehead atoms. The highest BCUT2D eigenvalue weighted by Gasteiger charge is 2.40. The van der Waals surface area contributed by atoms with Crippen LogP contribution in [0.5, 0.6) is 0 Å². The third-order valence-corrected chi connectivity index (χ3v) is 2.91. The molecule has 4 nitrogen and oxygen atoms in total. The van der Waals surface area contributed by atoms with Gasteiger partial charge < -0.3 is 16.0 Å². The average molecular weight is 183 g/mol. The van der Waals surface area contributed by atoms with Gasteiger partial charge in [-0.05, 0) is 26.4 Å². The number of carbonyl (C=O) groups excluding carboxylic acids is 1. The molecule has 1 aliphatic heterocycles. The van der Waals surface area contributed by atoms with Crippen molar-refractivity contribution in [2.24, 2.45) is 11.7 Å². The third-order valence-electron chi connectivity index (χ3n) is 2.91. The quantitative estimate of drug-likeness (QED) is 0.586. The first-order valence-corrected chi connectivity index (χ1v) is 4.91. The number of carbonyl (C=O) groups is 1. The van der Waals surface area contributed by atoms with E-state index in [4.69, 9.17) is 5.73 Å². The number of likely N-dealkylation sites (N-methyl/N-ethyl adjacent to an activating group) is 1. The zero-order valence-electron chi connectivity index (χ0n) is 7.99. The van der Waals surface area contributed by atoms with Gasteiger partial charge in [0.05, 0.1) is 5.92 Å². The SMILES string of the molecule is CN1CCC(NC(=O)C2CC2N)C1.